The summed E-state index contributed by atoms with van der Waals surface area (Å²) in [6, 6.07) is 1.95. The van der Waals surface area contributed by atoms with E-state index in [0.717, 1.165) is 11.4 Å². The van der Waals surface area contributed by atoms with E-state index in [1.165, 1.54) is 7.05 Å². The highest BCUT2D eigenvalue weighted by Crippen LogP contribution is 2.27. The number of halogens is 1. The maximum absolute atomic E-state index is 11.6. The van der Waals surface area contributed by atoms with Gasteiger partial charge in [0.1, 0.15) is 5.69 Å². The van der Waals surface area contributed by atoms with Crippen LogP contribution in [0.1, 0.15) is 41.8 Å². The van der Waals surface area contributed by atoms with Gasteiger partial charge in [0.2, 0.25) is 5.82 Å². The lowest BCUT2D eigenvalue weighted by molar-refractivity contribution is 0.0953. The molecule has 0 bridgehead atoms. The first kappa shape index (κ1) is 15.2. The Bertz CT molecular complexity index is 671. The zero-order valence-electron chi connectivity index (χ0n) is 12.3. The first-order chi connectivity index (χ1) is 9.85. The van der Waals surface area contributed by atoms with Gasteiger partial charge in [0.15, 0.2) is 11.0 Å². The van der Waals surface area contributed by atoms with Crippen LogP contribution in [0.25, 0.3) is 5.69 Å². The van der Waals surface area contributed by atoms with Gasteiger partial charge in [-0.1, -0.05) is 25.4 Å². The molecular weight excluding hydrogens is 292 g/mol. The summed E-state index contributed by atoms with van der Waals surface area (Å²) in [7, 11) is 1.48. The predicted molar refractivity (Wildman–Crippen MR) is 80.8 cm³/mol. The lowest BCUT2D eigenvalue weighted by Crippen LogP contribution is -2.22. The number of nitrogens with one attached hydrogen (secondary N) is 1. The van der Waals surface area contributed by atoms with Gasteiger partial charge in [0.25, 0.3) is 5.91 Å². The molecule has 21 heavy (non-hydrogen) atoms. The van der Waals surface area contributed by atoms with Gasteiger partial charge in [-0.2, -0.15) is 5.10 Å². The van der Waals surface area contributed by atoms with Crippen LogP contribution in [0.2, 0.25) is 5.15 Å². The number of aryl methyl sites for hydroxylation is 1. The van der Waals surface area contributed by atoms with Crippen LogP contribution < -0.4 is 11.1 Å². The maximum atomic E-state index is 11.6. The third-order valence-corrected chi connectivity index (χ3v) is 3.22. The number of nitrogen functional groups attached to an aromatic ring is 1. The Hall–Kier alpha value is -2.15. The minimum atomic E-state index is -0.448. The van der Waals surface area contributed by atoms with Crippen molar-refractivity contribution >= 4 is 23.3 Å². The van der Waals surface area contributed by atoms with Gasteiger partial charge in [0.05, 0.1) is 5.69 Å². The SMILES string of the molecule is CNC(=O)c1nc(N)c(-n2nc(C)cc2C(C)C)c(Cl)n1. The van der Waals surface area contributed by atoms with E-state index in [1.54, 1.807) is 4.68 Å². The summed E-state index contributed by atoms with van der Waals surface area (Å²) in [6.45, 7) is 5.96. The number of aromatic nitrogens is 4. The van der Waals surface area contributed by atoms with Gasteiger partial charge in [-0.15, -0.1) is 0 Å². The molecule has 0 aliphatic heterocycles. The van der Waals surface area contributed by atoms with Crippen LogP contribution in [0.5, 0.6) is 0 Å². The molecule has 0 atom stereocenters. The number of rotatable bonds is 3. The van der Waals surface area contributed by atoms with Crippen molar-refractivity contribution in [3.05, 3.63) is 28.4 Å². The van der Waals surface area contributed by atoms with Crippen molar-refractivity contribution in [1.82, 2.24) is 25.1 Å². The van der Waals surface area contributed by atoms with Gasteiger partial charge >= 0.3 is 0 Å². The second-order valence-corrected chi connectivity index (χ2v) is 5.29. The van der Waals surface area contributed by atoms with E-state index in [4.69, 9.17) is 17.3 Å². The summed E-state index contributed by atoms with van der Waals surface area (Å²) >= 11 is 6.18. The normalized spacial score (nSPS) is 11.0. The molecule has 2 rings (SSSR count). The van der Waals surface area contributed by atoms with Crippen LogP contribution in [-0.4, -0.2) is 32.7 Å². The number of anilines is 1. The van der Waals surface area contributed by atoms with Crippen LogP contribution in [0.4, 0.5) is 5.82 Å². The number of nitrogens with zero attached hydrogens (tertiary/aromatic N) is 4. The predicted octanol–water partition coefficient (Wildman–Crippen LogP) is 1.69. The number of hydrogen-bond acceptors (Lipinski definition) is 5. The quantitative estimate of drug-likeness (QED) is 0.841. The Morgan fingerprint density at radius 2 is 2.10 bits per heavy atom. The Labute approximate surface area is 127 Å². The summed E-state index contributed by atoms with van der Waals surface area (Å²) in [5.41, 5.74) is 8.12. The maximum Gasteiger partial charge on any atom is 0.288 e. The fourth-order valence-electron chi connectivity index (χ4n) is 1.96. The summed E-state index contributed by atoms with van der Waals surface area (Å²) < 4.78 is 1.63. The Morgan fingerprint density at radius 1 is 1.43 bits per heavy atom. The van der Waals surface area contributed by atoms with E-state index in [0.29, 0.717) is 5.69 Å². The van der Waals surface area contributed by atoms with Gasteiger partial charge < -0.3 is 11.1 Å². The molecule has 2 aromatic rings. The molecule has 112 valence electrons. The Kier molecular flexibility index (Phi) is 4.13. The van der Waals surface area contributed by atoms with Gasteiger partial charge in [-0.25, -0.2) is 14.6 Å². The molecule has 1 amide bonds. The molecule has 2 aromatic heterocycles. The molecule has 0 unspecified atom stereocenters. The molecular formula is C13H17ClN6O. The Morgan fingerprint density at radius 3 is 2.62 bits per heavy atom. The summed E-state index contributed by atoms with van der Waals surface area (Å²) in [5, 5.41) is 6.91. The third kappa shape index (κ3) is 2.82. The first-order valence-electron chi connectivity index (χ1n) is 6.47. The summed E-state index contributed by atoms with van der Waals surface area (Å²) in [6.07, 6.45) is 0. The average Bonchev–Trinajstić information content (AvgIpc) is 2.79. The fraction of sp³-hybridized carbons (Fsp3) is 0.385. The molecule has 0 spiro atoms. The molecule has 8 heteroatoms. The number of carbonyl (C=O) groups excluding carboxylic acids is 1. The van der Waals surface area contributed by atoms with Crippen molar-refractivity contribution < 1.29 is 4.79 Å². The number of nitrogens with two attached hydrogens (primary N) is 1. The standard InChI is InChI=1S/C13H17ClN6O/c1-6(2)8-5-7(3)19-20(8)9-10(14)17-12(13(21)16-4)18-11(9)15/h5-6H,1-4H3,(H,16,21)(H2,15,17,18). The topological polar surface area (TPSA) is 98.7 Å². The van der Waals surface area contributed by atoms with Crippen LogP contribution in [-0.2, 0) is 0 Å². The lowest BCUT2D eigenvalue weighted by atomic mass is 10.1. The molecule has 3 N–H and O–H groups in total. The highest BCUT2D eigenvalue weighted by Gasteiger charge is 2.20. The second kappa shape index (κ2) is 5.69. The van der Waals surface area contributed by atoms with E-state index in [2.05, 4.69) is 20.4 Å². The zero-order valence-corrected chi connectivity index (χ0v) is 13.1. The molecule has 0 fully saturated rings. The van der Waals surface area contributed by atoms with E-state index in [-0.39, 0.29) is 22.7 Å². The van der Waals surface area contributed by atoms with Crippen LogP contribution in [0, 0.1) is 6.92 Å². The van der Waals surface area contributed by atoms with E-state index in [9.17, 15) is 4.79 Å². The molecule has 0 aromatic carbocycles. The summed E-state index contributed by atoms with van der Waals surface area (Å²) in [4.78, 5) is 19.6. The van der Waals surface area contributed by atoms with Crippen molar-refractivity contribution in [2.24, 2.45) is 0 Å². The van der Waals surface area contributed by atoms with Crippen LogP contribution in [0.15, 0.2) is 6.07 Å². The molecule has 7 nitrogen and oxygen atoms in total. The molecule has 2 heterocycles. The molecule has 0 saturated carbocycles. The number of amides is 1. The van der Waals surface area contributed by atoms with Gasteiger partial charge in [0, 0.05) is 12.7 Å². The average molecular weight is 309 g/mol. The van der Waals surface area contributed by atoms with Crippen molar-refractivity contribution in [2.75, 3.05) is 12.8 Å². The number of carbonyl (C=O) groups is 1. The monoisotopic (exact) mass is 308 g/mol. The van der Waals surface area contributed by atoms with Gasteiger partial charge in [-0.05, 0) is 18.9 Å². The van der Waals surface area contributed by atoms with Crippen molar-refractivity contribution in [3.8, 4) is 5.69 Å². The van der Waals surface area contributed by atoms with Crippen LogP contribution in [0.3, 0.4) is 0 Å². The lowest BCUT2D eigenvalue weighted by Gasteiger charge is -2.13. The second-order valence-electron chi connectivity index (χ2n) is 4.93. The van der Waals surface area contributed by atoms with Gasteiger partial charge in [-0.3, -0.25) is 4.79 Å². The van der Waals surface area contributed by atoms with Crippen LogP contribution >= 0.6 is 11.6 Å². The summed E-state index contributed by atoms with van der Waals surface area (Å²) in [5.74, 6) is -0.187. The van der Waals surface area contributed by atoms with E-state index in [1.807, 2.05) is 26.8 Å². The molecule has 0 saturated heterocycles. The minimum Gasteiger partial charge on any atom is -0.382 e. The van der Waals surface area contributed by atoms with E-state index >= 15 is 0 Å². The fourth-order valence-corrected chi connectivity index (χ4v) is 2.22. The molecule has 0 aliphatic rings. The third-order valence-electron chi connectivity index (χ3n) is 2.96. The Balaban J connectivity index is 2.63. The smallest absolute Gasteiger partial charge is 0.288 e. The molecule has 0 radical (unpaired) electrons. The zero-order chi connectivity index (χ0) is 15.7. The minimum absolute atomic E-state index is 0.0706. The van der Waals surface area contributed by atoms with Crippen molar-refractivity contribution in [1.29, 1.82) is 0 Å². The van der Waals surface area contributed by atoms with E-state index < -0.39 is 5.91 Å². The first-order valence-corrected chi connectivity index (χ1v) is 6.85. The van der Waals surface area contributed by atoms with Crippen molar-refractivity contribution in [3.63, 3.8) is 0 Å². The highest BCUT2D eigenvalue weighted by molar-refractivity contribution is 6.31. The highest BCUT2D eigenvalue weighted by atomic mass is 35.5. The largest absolute Gasteiger partial charge is 0.382 e. The molecule has 0 aliphatic carbocycles. The van der Waals surface area contributed by atoms with Crippen molar-refractivity contribution in [2.45, 2.75) is 26.7 Å². The number of hydrogen-bond donors (Lipinski definition) is 2.